The molecule has 1 amide bonds. The van der Waals surface area contributed by atoms with Gasteiger partial charge >= 0.3 is 0 Å². The molecule has 37 heavy (non-hydrogen) atoms. The van der Waals surface area contributed by atoms with Crippen LogP contribution in [0, 0.1) is 0 Å². The summed E-state index contributed by atoms with van der Waals surface area (Å²) in [7, 11) is 4.52. The second-order valence-electron chi connectivity index (χ2n) is 8.36. The highest BCUT2D eigenvalue weighted by Gasteiger charge is 2.47. The number of carbonyl (C=O) groups is 2. The number of ether oxygens (including phenoxy) is 4. The van der Waals surface area contributed by atoms with Gasteiger partial charge in [0.2, 0.25) is 0 Å². The second kappa shape index (κ2) is 11.1. The predicted molar refractivity (Wildman–Crippen MR) is 140 cm³/mol. The number of benzene rings is 3. The van der Waals surface area contributed by atoms with Crippen LogP contribution in [-0.4, -0.2) is 44.7 Å². The van der Waals surface area contributed by atoms with E-state index in [1.54, 1.807) is 66.7 Å². The number of methoxy groups -OCH3 is 3. The zero-order valence-electron chi connectivity index (χ0n) is 21.2. The van der Waals surface area contributed by atoms with Gasteiger partial charge in [0.25, 0.3) is 11.7 Å². The first-order valence-electron chi connectivity index (χ1n) is 11.8. The molecule has 1 N–H and O–H groups in total. The van der Waals surface area contributed by atoms with E-state index < -0.39 is 17.7 Å². The Morgan fingerprint density at radius 2 is 1.59 bits per heavy atom. The number of rotatable bonds is 9. The van der Waals surface area contributed by atoms with Gasteiger partial charge in [-0.05, 0) is 54.4 Å². The van der Waals surface area contributed by atoms with Crippen LogP contribution in [0.2, 0.25) is 0 Å². The van der Waals surface area contributed by atoms with Crippen LogP contribution in [-0.2, 0) is 9.59 Å². The first kappa shape index (κ1) is 25.6. The molecule has 0 spiro atoms. The predicted octanol–water partition coefficient (Wildman–Crippen LogP) is 5.13. The molecule has 0 bridgehead atoms. The molecule has 4 rings (SSSR count). The second-order valence-corrected chi connectivity index (χ2v) is 8.36. The highest BCUT2D eigenvalue weighted by Crippen LogP contribution is 2.44. The van der Waals surface area contributed by atoms with Crippen molar-refractivity contribution in [2.24, 2.45) is 0 Å². The minimum absolute atomic E-state index is 0.0506. The first-order valence-corrected chi connectivity index (χ1v) is 11.8. The summed E-state index contributed by atoms with van der Waals surface area (Å²) in [5.74, 6) is 0.0717. The van der Waals surface area contributed by atoms with Crippen LogP contribution in [0.5, 0.6) is 23.0 Å². The number of hydrogen-bond acceptors (Lipinski definition) is 7. The highest BCUT2D eigenvalue weighted by atomic mass is 16.5. The normalized spacial score (nSPS) is 16.5. The Morgan fingerprint density at radius 3 is 2.30 bits per heavy atom. The van der Waals surface area contributed by atoms with E-state index in [2.05, 4.69) is 0 Å². The lowest BCUT2D eigenvalue weighted by Crippen LogP contribution is -2.29. The lowest BCUT2D eigenvalue weighted by molar-refractivity contribution is -0.132. The molecule has 3 aromatic rings. The number of aliphatic hydroxyl groups excluding tert-OH is 1. The van der Waals surface area contributed by atoms with E-state index in [1.165, 1.54) is 26.2 Å². The van der Waals surface area contributed by atoms with Crippen LogP contribution in [0.3, 0.4) is 0 Å². The third-order valence-electron chi connectivity index (χ3n) is 6.08. The molecule has 192 valence electrons. The van der Waals surface area contributed by atoms with Crippen molar-refractivity contribution in [3.05, 3.63) is 83.4 Å². The van der Waals surface area contributed by atoms with Crippen molar-refractivity contribution in [2.75, 3.05) is 32.8 Å². The first-order chi connectivity index (χ1) is 17.9. The molecular weight excluding hydrogens is 474 g/mol. The Balaban J connectivity index is 1.91. The molecule has 1 saturated heterocycles. The quantitative estimate of drug-likeness (QED) is 0.246. The van der Waals surface area contributed by atoms with Crippen molar-refractivity contribution in [1.29, 1.82) is 0 Å². The maximum Gasteiger partial charge on any atom is 0.300 e. The van der Waals surface area contributed by atoms with E-state index in [0.29, 0.717) is 46.4 Å². The SMILES string of the molecule is CCCOc1cccc(N2C(=O)C(=O)/C(=C(/O)c3ccc(OC)c(OC)c3)C2c2cccc(OC)c2)c1. The highest BCUT2D eigenvalue weighted by molar-refractivity contribution is 6.51. The molecule has 0 aliphatic carbocycles. The summed E-state index contributed by atoms with van der Waals surface area (Å²) in [5, 5.41) is 11.4. The fraction of sp³-hybridized carbons (Fsp3) is 0.241. The van der Waals surface area contributed by atoms with Gasteiger partial charge in [0, 0.05) is 17.3 Å². The molecule has 0 aromatic heterocycles. The lowest BCUT2D eigenvalue weighted by atomic mass is 9.94. The monoisotopic (exact) mass is 503 g/mol. The molecular formula is C29H29NO7. The molecule has 1 heterocycles. The minimum Gasteiger partial charge on any atom is -0.507 e. The van der Waals surface area contributed by atoms with Gasteiger partial charge in [-0.1, -0.05) is 25.1 Å². The number of nitrogens with zero attached hydrogens (tertiary/aromatic N) is 1. The average molecular weight is 504 g/mol. The van der Waals surface area contributed by atoms with E-state index in [1.807, 2.05) is 6.92 Å². The Hall–Kier alpha value is -4.46. The summed E-state index contributed by atoms with van der Waals surface area (Å²) in [6, 6.07) is 17.9. The number of Topliss-reactive ketones (excluding diaryl/α,β-unsaturated/α-hetero) is 1. The topological polar surface area (TPSA) is 94.5 Å². The Labute approximate surface area is 215 Å². The van der Waals surface area contributed by atoms with Crippen molar-refractivity contribution in [3.8, 4) is 23.0 Å². The zero-order valence-corrected chi connectivity index (χ0v) is 21.2. The molecule has 1 atom stereocenters. The van der Waals surface area contributed by atoms with Gasteiger partial charge in [-0.15, -0.1) is 0 Å². The van der Waals surface area contributed by atoms with Crippen LogP contribution in [0.4, 0.5) is 5.69 Å². The summed E-state index contributed by atoms with van der Waals surface area (Å²) in [6.07, 6.45) is 0.823. The molecule has 1 aliphatic heterocycles. The molecule has 0 saturated carbocycles. The van der Waals surface area contributed by atoms with E-state index in [4.69, 9.17) is 18.9 Å². The number of ketones is 1. The summed E-state index contributed by atoms with van der Waals surface area (Å²) in [4.78, 5) is 28.3. The van der Waals surface area contributed by atoms with Gasteiger partial charge < -0.3 is 24.1 Å². The fourth-order valence-corrected chi connectivity index (χ4v) is 4.31. The maximum atomic E-state index is 13.5. The molecule has 8 nitrogen and oxygen atoms in total. The van der Waals surface area contributed by atoms with Crippen LogP contribution in [0.15, 0.2) is 72.3 Å². The Morgan fingerprint density at radius 1 is 0.865 bits per heavy atom. The fourth-order valence-electron chi connectivity index (χ4n) is 4.31. The Bertz CT molecular complexity index is 1350. The number of anilines is 1. The number of aliphatic hydroxyl groups is 1. The summed E-state index contributed by atoms with van der Waals surface area (Å²) in [6.45, 7) is 2.51. The van der Waals surface area contributed by atoms with Gasteiger partial charge in [-0.3, -0.25) is 14.5 Å². The van der Waals surface area contributed by atoms with Crippen LogP contribution >= 0.6 is 0 Å². The van der Waals surface area contributed by atoms with Gasteiger partial charge in [-0.2, -0.15) is 0 Å². The van der Waals surface area contributed by atoms with Crippen LogP contribution in [0.25, 0.3) is 5.76 Å². The van der Waals surface area contributed by atoms with Crippen molar-refractivity contribution in [2.45, 2.75) is 19.4 Å². The molecule has 1 unspecified atom stereocenters. The largest absolute Gasteiger partial charge is 0.507 e. The smallest absolute Gasteiger partial charge is 0.300 e. The maximum absolute atomic E-state index is 13.5. The van der Waals surface area contributed by atoms with E-state index in [9.17, 15) is 14.7 Å². The lowest BCUT2D eigenvalue weighted by Gasteiger charge is -2.26. The molecule has 1 aliphatic rings. The molecule has 1 fully saturated rings. The van der Waals surface area contributed by atoms with Gasteiger partial charge in [0.05, 0.1) is 39.6 Å². The molecule has 0 radical (unpaired) electrons. The van der Waals surface area contributed by atoms with Crippen molar-refractivity contribution >= 4 is 23.1 Å². The standard InChI is InChI=1S/C29H29NO7/c1-5-14-37-22-11-7-9-20(17-22)30-26(18-8-6-10-21(15-18)34-2)25(28(32)29(30)33)27(31)19-12-13-23(35-3)24(16-19)36-4/h6-13,15-17,26,31H,5,14H2,1-4H3/b27-25+. The molecule has 3 aromatic carbocycles. The van der Waals surface area contributed by atoms with Crippen molar-refractivity contribution < 1.29 is 33.6 Å². The van der Waals surface area contributed by atoms with Gasteiger partial charge in [-0.25, -0.2) is 0 Å². The summed E-state index contributed by atoms with van der Waals surface area (Å²) < 4.78 is 21.8. The third-order valence-corrected chi connectivity index (χ3v) is 6.08. The van der Waals surface area contributed by atoms with Crippen molar-refractivity contribution in [3.63, 3.8) is 0 Å². The van der Waals surface area contributed by atoms with Crippen LogP contribution < -0.4 is 23.8 Å². The van der Waals surface area contributed by atoms with E-state index in [-0.39, 0.29) is 11.3 Å². The minimum atomic E-state index is -0.912. The average Bonchev–Trinajstić information content (AvgIpc) is 3.21. The summed E-state index contributed by atoms with van der Waals surface area (Å²) >= 11 is 0. The zero-order chi connectivity index (χ0) is 26.5. The number of hydrogen-bond donors (Lipinski definition) is 1. The van der Waals surface area contributed by atoms with Crippen molar-refractivity contribution in [1.82, 2.24) is 0 Å². The number of amides is 1. The van der Waals surface area contributed by atoms with E-state index >= 15 is 0 Å². The Kier molecular flexibility index (Phi) is 7.67. The third kappa shape index (κ3) is 4.95. The van der Waals surface area contributed by atoms with E-state index in [0.717, 1.165) is 6.42 Å². The van der Waals surface area contributed by atoms with Crippen LogP contribution in [0.1, 0.15) is 30.5 Å². The summed E-state index contributed by atoms with van der Waals surface area (Å²) in [5.41, 5.74) is 1.32. The number of carbonyl (C=O) groups excluding carboxylic acids is 2. The molecule has 8 heteroatoms. The van der Waals surface area contributed by atoms with Gasteiger partial charge in [0.1, 0.15) is 17.3 Å². The van der Waals surface area contributed by atoms with Gasteiger partial charge in [0.15, 0.2) is 11.5 Å².